The first-order chi connectivity index (χ1) is 11.2. The number of halogens is 1. The maximum atomic E-state index is 12.3. The Labute approximate surface area is 150 Å². The molecular formula is C20H27ClN2O. The molecular weight excluding hydrogens is 320 g/mol. The summed E-state index contributed by atoms with van der Waals surface area (Å²) >= 11 is 6.22. The minimum Gasteiger partial charge on any atom is -0.266 e. The largest absolute Gasteiger partial charge is 0.286 e. The molecule has 24 heavy (non-hydrogen) atoms. The summed E-state index contributed by atoms with van der Waals surface area (Å²) in [6.45, 7) is 13.9. The Bertz CT molecular complexity index is 731. The maximum absolute atomic E-state index is 12.3. The van der Waals surface area contributed by atoms with E-state index in [-0.39, 0.29) is 10.6 Å². The highest BCUT2D eigenvalue weighted by Gasteiger charge is 2.18. The molecule has 0 saturated heterocycles. The first-order valence-electron chi connectivity index (χ1n) is 8.19. The van der Waals surface area contributed by atoms with Crippen molar-refractivity contribution in [2.24, 2.45) is 0 Å². The van der Waals surface area contributed by atoms with Gasteiger partial charge in [0.15, 0.2) is 0 Å². The van der Waals surface area contributed by atoms with Crippen LogP contribution in [0.25, 0.3) is 6.08 Å². The molecule has 3 nitrogen and oxygen atoms in total. The molecule has 0 spiro atoms. The number of allylic oxidation sites excluding steroid dienone is 6. The lowest BCUT2D eigenvalue weighted by Crippen LogP contribution is -2.36. The number of hydrogen-bond acceptors (Lipinski definition) is 2. The lowest BCUT2D eigenvalue weighted by atomic mass is 10.1. The predicted molar refractivity (Wildman–Crippen MR) is 104 cm³/mol. The molecule has 0 radical (unpaired) electrons. The Balaban J connectivity index is 3.04. The Morgan fingerprint density at radius 2 is 2.00 bits per heavy atom. The number of hydrogen-bond donors (Lipinski definition) is 0. The van der Waals surface area contributed by atoms with Gasteiger partial charge in [-0.2, -0.15) is 5.10 Å². The van der Waals surface area contributed by atoms with Gasteiger partial charge >= 0.3 is 0 Å². The molecule has 0 aromatic carbocycles. The van der Waals surface area contributed by atoms with E-state index in [1.165, 1.54) is 4.68 Å². The van der Waals surface area contributed by atoms with E-state index in [9.17, 15) is 4.79 Å². The molecule has 0 aliphatic rings. The van der Waals surface area contributed by atoms with Gasteiger partial charge in [-0.3, -0.25) is 4.79 Å². The minimum atomic E-state index is -0.403. The van der Waals surface area contributed by atoms with E-state index in [1.54, 1.807) is 6.20 Å². The Morgan fingerprint density at radius 1 is 1.33 bits per heavy atom. The van der Waals surface area contributed by atoms with E-state index in [0.717, 1.165) is 24.0 Å². The van der Waals surface area contributed by atoms with E-state index < -0.39 is 5.54 Å². The van der Waals surface area contributed by atoms with Crippen LogP contribution in [0.2, 0.25) is 5.02 Å². The summed E-state index contributed by atoms with van der Waals surface area (Å²) in [5.74, 6) is 0. The van der Waals surface area contributed by atoms with Crippen molar-refractivity contribution < 1.29 is 0 Å². The molecule has 0 N–H and O–H groups in total. The zero-order valence-corrected chi connectivity index (χ0v) is 16.0. The van der Waals surface area contributed by atoms with Gasteiger partial charge in [-0.15, -0.1) is 0 Å². The third kappa shape index (κ3) is 5.64. The zero-order valence-electron chi connectivity index (χ0n) is 15.3. The second kappa shape index (κ2) is 8.84. The van der Waals surface area contributed by atoms with E-state index in [1.807, 2.05) is 58.1 Å². The smallest absolute Gasteiger partial charge is 0.266 e. The second-order valence-electron chi connectivity index (χ2n) is 6.67. The fourth-order valence-electron chi connectivity index (χ4n) is 2.09. The summed E-state index contributed by atoms with van der Waals surface area (Å²) in [6.07, 6.45) is 13.4. The molecule has 1 rings (SSSR count). The first-order valence-corrected chi connectivity index (χ1v) is 8.57. The summed E-state index contributed by atoms with van der Waals surface area (Å²) < 4.78 is 1.40. The third-order valence-electron chi connectivity index (χ3n) is 3.45. The Hall–Kier alpha value is -1.87. The van der Waals surface area contributed by atoms with Crippen molar-refractivity contribution in [2.45, 2.75) is 53.0 Å². The average Bonchev–Trinajstić information content (AvgIpc) is 2.50. The van der Waals surface area contributed by atoms with E-state index in [4.69, 9.17) is 11.6 Å². The second-order valence-corrected chi connectivity index (χ2v) is 7.04. The van der Waals surface area contributed by atoms with Gasteiger partial charge in [0.05, 0.1) is 11.7 Å². The minimum absolute atomic E-state index is 0.186. The number of aromatic nitrogens is 2. The number of rotatable bonds is 6. The van der Waals surface area contributed by atoms with Crippen LogP contribution >= 0.6 is 11.6 Å². The van der Waals surface area contributed by atoms with Crippen LogP contribution in [0, 0.1) is 0 Å². The molecule has 0 saturated carbocycles. The fraction of sp³-hybridized carbons (Fsp3) is 0.400. The molecule has 0 amide bonds. The van der Waals surface area contributed by atoms with Crippen molar-refractivity contribution in [1.82, 2.24) is 9.78 Å². The van der Waals surface area contributed by atoms with Crippen LogP contribution < -0.4 is 5.56 Å². The molecule has 0 aliphatic carbocycles. The van der Waals surface area contributed by atoms with Crippen LogP contribution in [0.3, 0.4) is 0 Å². The molecule has 1 aromatic rings. The lowest BCUT2D eigenvalue weighted by Gasteiger charge is -2.20. The van der Waals surface area contributed by atoms with Gasteiger partial charge in [0.25, 0.3) is 5.56 Å². The first kappa shape index (κ1) is 20.2. The van der Waals surface area contributed by atoms with Crippen molar-refractivity contribution in [1.29, 1.82) is 0 Å². The van der Waals surface area contributed by atoms with Gasteiger partial charge < -0.3 is 0 Å². The van der Waals surface area contributed by atoms with Gasteiger partial charge in [-0.05, 0) is 39.7 Å². The van der Waals surface area contributed by atoms with Crippen LogP contribution in [-0.4, -0.2) is 9.78 Å². The van der Waals surface area contributed by atoms with E-state index in [0.29, 0.717) is 5.56 Å². The van der Waals surface area contributed by atoms with E-state index in [2.05, 4.69) is 18.6 Å². The van der Waals surface area contributed by atoms with Gasteiger partial charge in [0.2, 0.25) is 0 Å². The Kier molecular flexibility index (Phi) is 7.43. The molecule has 0 aliphatic heterocycles. The van der Waals surface area contributed by atoms with Gasteiger partial charge in [0.1, 0.15) is 5.02 Å². The highest BCUT2D eigenvalue weighted by Crippen LogP contribution is 2.16. The fourth-order valence-corrected chi connectivity index (χ4v) is 2.28. The maximum Gasteiger partial charge on any atom is 0.286 e. The van der Waals surface area contributed by atoms with Crippen molar-refractivity contribution in [2.75, 3.05) is 0 Å². The molecule has 1 heterocycles. The molecule has 4 heteroatoms. The summed E-state index contributed by atoms with van der Waals surface area (Å²) in [7, 11) is 0. The topological polar surface area (TPSA) is 34.9 Å². The normalized spacial score (nSPS) is 13.2. The van der Waals surface area contributed by atoms with E-state index >= 15 is 0 Å². The van der Waals surface area contributed by atoms with Crippen LogP contribution in [-0.2, 0) is 5.54 Å². The van der Waals surface area contributed by atoms with Crippen LogP contribution in [0.15, 0.2) is 53.0 Å². The summed E-state index contributed by atoms with van der Waals surface area (Å²) in [5.41, 5.74) is 2.04. The SMILES string of the molecule is C=C(\C=C/C(/C=C/c1cnn(C(C)(C)C)c(=O)c1Cl)=C\C)CCC. The lowest BCUT2D eigenvalue weighted by molar-refractivity contribution is 0.338. The van der Waals surface area contributed by atoms with Crippen LogP contribution in [0.4, 0.5) is 0 Å². The van der Waals surface area contributed by atoms with Crippen LogP contribution in [0.5, 0.6) is 0 Å². The van der Waals surface area contributed by atoms with Crippen molar-refractivity contribution in [3.8, 4) is 0 Å². The highest BCUT2D eigenvalue weighted by atomic mass is 35.5. The predicted octanol–water partition coefficient (Wildman–Crippen LogP) is 5.52. The quantitative estimate of drug-likeness (QED) is 0.635. The molecule has 0 bridgehead atoms. The summed E-state index contributed by atoms with van der Waals surface area (Å²) in [6, 6.07) is 0. The van der Waals surface area contributed by atoms with Gasteiger partial charge in [0, 0.05) is 5.56 Å². The van der Waals surface area contributed by atoms with Crippen molar-refractivity contribution in [3.63, 3.8) is 0 Å². The molecule has 0 fully saturated rings. The van der Waals surface area contributed by atoms with Gasteiger partial charge in [-0.25, -0.2) is 4.68 Å². The third-order valence-corrected chi connectivity index (χ3v) is 3.83. The Morgan fingerprint density at radius 3 is 2.54 bits per heavy atom. The molecule has 0 atom stereocenters. The highest BCUT2D eigenvalue weighted by molar-refractivity contribution is 6.31. The van der Waals surface area contributed by atoms with Gasteiger partial charge in [-0.1, -0.05) is 67.5 Å². The van der Waals surface area contributed by atoms with Crippen molar-refractivity contribution in [3.05, 3.63) is 69.2 Å². The molecule has 130 valence electrons. The zero-order chi connectivity index (χ0) is 18.3. The summed E-state index contributed by atoms with van der Waals surface area (Å²) in [4.78, 5) is 12.3. The molecule has 0 unspecified atom stereocenters. The number of nitrogens with zero attached hydrogens (tertiary/aromatic N) is 2. The standard InChI is InChI=1S/C20H27ClN2O/c1-7-9-15(3)10-11-16(8-2)12-13-17-14-22-23(20(4,5)6)19(24)18(17)21/h8,10-14H,3,7,9H2,1-2,4-6H3/b11-10-,13-12+,16-8+. The monoisotopic (exact) mass is 346 g/mol. The van der Waals surface area contributed by atoms with Crippen molar-refractivity contribution >= 4 is 17.7 Å². The molecule has 1 aromatic heterocycles. The average molecular weight is 347 g/mol. The summed E-state index contributed by atoms with van der Waals surface area (Å²) in [5, 5.41) is 4.42. The van der Waals surface area contributed by atoms with Crippen LogP contribution in [0.1, 0.15) is 53.0 Å².